The molecule has 126 valence electrons. The van der Waals surface area contributed by atoms with Gasteiger partial charge in [-0.2, -0.15) is 0 Å². The minimum absolute atomic E-state index is 0.0932. The van der Waals surface area contributed by atoms with E-state index in [-0.39, 0.29) is 24.5 Å². The Morgan fingerprint density at radius 3 is 2.33 bits per heavy atom. The number of hydrogen-bond donors (Lipinski definition) is 1. The van der Waals surface area contributed by atoms with Gasteiger partial charge in [-0.05, 0) is 55.1 Å². The van der Waals surface area contributed by atoms with E-state index in [0.717, 1.165) is 11.1 Å². The van der Waals surface area contributed by atoms with Crippen LogP contribution in [0.5, 0.6) is 5.75 Å². The van der Waals surface area contributed by atoms with Crippen LogP contribution in [-0.4, -0.2) is 23.9 Å². The van der Waals surface area contributed by atoms with Crippen molar-refractivity contribution in [1.82, 2.24) is 0 Å². The Labute approximate surface area is 156 Å². The molecule has 2 aromatic carbocycles. The fourth-order valence-corrected chi connectivity index (χ4v) is 3.21. The van der Waals surface area contributed by atoms with Crippen molar-refractivity contribution in [2.45, 2.75) is 13.0 Å². The van der Waals surface area contributed by atoms with Crippen LogP contribution >= 0.6 is 31.9 Å². The molecule has 2 rings (SSSR count). The summed E-state index contributed by atoms with van der Waals surface area (Å²) in [7, 11) is 1.29. The molecule has 0 aliphatic rings. The van der Waals surface area contributed by atoms with Crippen molar-refractivity contribution in [3.8, 4) is 5.75 Å². The topological polar surface area (TPSA) is 68.1 Å². The minimum Gasteiger partial charge on any atom is -0.506 e. The molecule has 0 unspecified atom stereocenters. The van der Waals surface area contributed by atoms with Crippen LogP contribution in [0, 0.1) is 0 Å². The molecule has 0 spiro atoms. The maximum absolute atomic E-state index is 11.9. The highest BCUT2D eigenvalue weighted by atomic mass is 79.9. The molecular formula is C17H15Br2NO4. The number of rotatable bonds is 6. The Bertz CT molecular complexity index is 725. The first kappa shape index (κ1) is 18.5. The Hall–Kier alpha value is -1.86. The quantitative estimate of drug-likeness (QED) is 0.401. The van der Waals surface area contributed by atoms with Crippen LogP contribution in [-0.2, 0) is 27.4 Å². The van der Waals surface area contributed by atoms with E-state index < -0.39 is 5.97 Å². The zero-order valence-corrected chi connectivity index (χ0v) is 16.0. The molecule has 0 aromatic heterocycles. The second kappa shape index (κ2) is 8.84. The SMILES string of the molecule is COC(=O)/C(Cc1cc(Br)c(O)c(Br)c1)=N\OCc1ccccc1. The lowest BCUT2D eigenvalue weighted by molar-refractivity contribution is -0.133. The Balaban J connectivity index is 2.13. The monoisotopic (exact) mass is 455 g/mol. The molecule has 7 heteroatoms. The van der Waals surface area contributed by atoms with E-state index in [2.05, 4.69) is 37.0 Å². The maximum Gasteiger partial charge on any atom is 0.356 e. The van der Waals surface area contributed by atoms with Crippen molar-refractivity contribution in [2.24, 2.45) is 5.16 Å². The van der Waals surface area contributed by atoms with Crippen LogP contribution in [0.1, 0.15) is 11.1 Å². The number of ether oxygens (including phenoxy) is 1. The number of benzene rings is 2. The number of oxime groups is 1. The van der Waals surface area contributed by atoms with E-state index in [4.69, 9.17) is 9.57 Å². The number of esters is 1. The summed E-state index contributed by atoms with van der Waals surface area (Å²) in [5, 5.41) is 13.7. The van der Waals surface area contributed by atoms with E-state index >= 15 is 0 Å². The van der Waals surface area contributed by atoms with Crippen molar-refractivity contribution in [2.75, 3.05) is 7.11 Å². The smallest absolute Gasteiger partial charge is 0.356 e. The van der Waals surface area contributed by atoms with Crippen LogP contribution in [0.4, 0.5) is 0 Å². The fraction of sp³-hybridized carbons (Fsp3) is 0.176. The van der Waals surface area contributed by atoms with Crippen molar-refractivity contribution < 1.29 is 19.5 Å². The summed E-state index contributed by atoms with van der Waals surface area (Å²) < 4.78 is 5.78. The van der Waals surface area contributed by atoms with Crippen LogP contribution in [0.25, 0.3) is 0 Å². The molecule has 0 aliphatic heterocycles. The molecule has 0 fully saturated rings. The third kappa shape index (κ3) is 5.07. The Kier molecular flexibility index (Phi) is 6.81. The fourth-order valence-electron chi connectivity index (χ4n) is 1.93. The molecule has 5 nitrogen and oxygen atoms in total. The third-order valence-corrected chi connectivity index (χ3v) is 4.33. The lowest BCUT2D eigenvalue weighted by Crippen LogP contribution is -2.19. The van der Waals surface area contributed by atoms with Crippen LogP contribution in [0.15, 0.2) is 56.6 Å². The molecule has 0 radical (unpaired) electrons. The summed E-state index contributed by atoms with van der Waals surface area (Å²) in [5.74, 6) is -0.473. The summed E-state index contributed by atoms with van der Waals surface area (Å²) in [4.78, 5) is 17.2. The molecule has 24 heavy (non-hydrogen) atoms. The predicted molar refractivity (Wildman–Crippen MR) is 97.9 cm³/mol. The summed E-state index contributed by atoms with van der Waals surface area (Å²) in [6, 6.07) is 12.9. The van der Waals surface area contributed by atoms with E-state index in [0.29, 0.717) is 8.95 Å². The minimum atomic E-state index is -0.566. The highest BCUT2D eigenvalue weighted by Gasteiger charge is 2.16. The van der Waals surface area contributed by atoms with Gasteiger partial charge in [0.15, 0.2) is 5.71 Å². The van der Waals surface area contributed by atoms with E-state index in [1.54, 1.807) is 12.1 Å². The number of phenols is 1. The van der Waals surface area contributed by atoms with Crippen molar-refractivity contribution in [3.63, 3.8) is 0 Å². The molecular weight excluding hydrogens is 442 g/mol. The largest absolute Gasteiger partial charge is 0.506 e. The molecule has 1 N–H and O–H groups in total. The third-order valence-electron chi connectivity index (χ3n) is 3.12. The average Bonchev–Trinajstić information content (AvgIpc) is 2.59. The van der Waals surface area contributed by atoms with Crippen molar-refractivity contribution in [1.29, 1.82) is 0 Å². The summed E-state index contributed by atoms with van der Waals surface area (Å²) >= 11 is 6.51. The summed E-state index contributed by atoms with van der Waals surface area (Å²) in [5.41, 5.74) is 1.84. The second-order valence-corrected chi connectivity index (χ2v) is 6.58. The molecule has 0 saturated heterocycles. The van der Waals surface area contributed by atoms with Gasteiger partial charge in [-0.25, -0.2) is 4.79 Å². The number of phenolic OH excluding ortho intramolecular Hbond substituents is 1. The van der Waals surface area contributed by atoms with Gasteiger partial charge in [0, 0.05) is 6.42 Å². The number of aromatic hydroxyl groups is 1. The lowest BCUT2D eigenvalue weighted by atomic mass is 10.1. The zero-order valence-electron chi connectivity index (χ0n) is 12.8. The average molecular weight is 457 g/mol. The Morgan fingerprint density at radius 2 is 1.75 bits per heavy atom. The Morgan fingerprint density at radius 1 is 1.12 bits per heavy atom. The highest BCUT2D eigenvalue weighted by Crippen LogP contribution is 2.33. The number of methoxy groups -OCH3 is 1. The van der Waals surface area contributed by atoms with Gasteiger partial charge in [-0.15, -0.1) is 0 Å². The highest BCUT2D eigenvalue weighted by molar-refractivity contribution is 9.11. The standard InChI is InChI=1S/C17H15Br2NO4/c1-23-17(22)15(20-24-10-11-5-3-2-4-6-11)9-12-7-13(18)16(21)14(19)8-12/h2-8,21H,9-10H2,1H3/b20-15-. The molecule has 2 aromatic rings. The predicted octanol–water partition coefficient (Wildman–Crippen LogP) is 4.21. The first-order valence-corrected chi connectivity index (χ1v) is 8.57. The normalized spacial score (nSPS) is 11.2. The van der Waals surface area contributed by atoms with E-state index in [1.165, 1.54) is 7.11 Å². The maximum atomic E-state index is 11.9. The van der Waals surface area contributed by atoms with Crippen molar-refractivity contribution >= 4 is 43.5 Å². The number of carbonyl (C=O) groups is 1. The molecule has 0 heterocycles. The van der Waals surface area contributed by atoms with Crippen LogP contribution < -0.4 is 0 Å². The number of carbonyl (C=O) groups excluding carboxylic acids is 1. The van der Waals surface area contributed by atoms with Crippen molar-refractivity contribution in [3.05, 3.63) is 62.5 Å². The molecule has 0 bridgehead atoms. The molecule has 0 amide bonds. The van der Waals surface area contributed by atoms with Gasteiger partial charge in [0.1, 0.15) is 12.4 Å². The van der Waals surface area contributed by atoms with Gasteiger partial charge < -0.3 is 14.7 Å². The number of hydrogen-bond acceptors (Lipinski definition) is 5. The van der Waals surface area contributed by atoms with Crippen LogP contribution in [0.2, 0.25) is 0 Å². The second-order valence-electron chi connectivity index (χ2n) is 4.87. The number of halogens is 2. The summed E-state index contributed by atoms with van der Waals surface area (Å²) in [6.07, 6.45) is 0.207. The lowest BCUT2D eigenvalue weighted by Gasteiger charge is -2.08. The van der Waals surface area contributed by atoms with Gasteiger partial charge in [0.25, 0.3) is 0 Å². The van der Waals surface area contributed by atoms with Crippen LogP contribution in [0.3, 0.4) is 0 Å². The first-order chi connectivity index (χ1) is 11.5. The number of nitrogens with zero attached hydrogens (tertiary/aromatic N) is 1. The van der Waals surface area contributed by atoms with E-state index in [1.807, 2.05) is 30.3 Å². The molecule has 0 atom stereocenters. The van der Waals surface area contributed by atoms with Gasteiger partial charge in [0.05, 0.1) is 16.1 Å². The first-order valence-electron chi connectivity index (χ1n) is 6.99. The van der Waals surface area contributed by atoms with E-state index in [9.17, 15) is 9.90 Å². The van der Waals surface area contributed by atoms with Gasteiger partial charge in [0.2, 0.25) is 0 Å². The molecule has 0 aliphatic carbocycles. The van der Waals surface area contributed by atoms with Gasteiger partial charge in [-0.3, -0.25) is 0 Å². The molecule has 0 saturated carbocycles. The van der Waals surface area contributed by atoms with Gasteiger partial charge in [-0.1, -0.05) is 35.5 Å². The van der Waals surface area contributed by atoms with Gasteiger partial charge >= 0.3 is 5.97 Å². The summed E-state index contributed by atoms with van der Waals surface area (Å²) in [6.45, 7) is 0.254. The zero-order chi connectivity index (χ0) is 17.5.